The molecule has 2 aromatic rings. The summed E-state index contributed by atoms with van der Waals surface area (Å²) in [6.45, 7) is 5.34. The number of rotatable bonds is 9. The molecule has 0 spiro atoms. The van der Waals surface area contributed by atoms with Gasteiger partial charge in [-0.15, -0.1) is 12.4 Å². The fourth-order valence-electron chi connectivity index (χ4n) is 2.66. The number of hydrogen-bond donors (Lipinski definition) is 2. The molecule has 0 aromatic heterocycles. The lowest BCUT2D eigenvalue weighted by atomic mass is 10.1. The van der Waals surface area contributed by atoms with E-state index in [0.717, 1.165) is 38.0 Å². The molecule has 4 heteroatoms. The second-order valence-corrected chi connectivity index (χ2v) is 6.00. The quantitative estimate of drug-likeness (QED) is 0.659. The lowest BCUT2D eigenvalue weighted by Gasteiger charge is -2.22. The molecule has 2 rings (SSSR count). The highest BCUT2D eigenvalue weighted by atomic mass is 35.5. The molecular formula is C20H28ClNO2. The van der Waals surface area contributed by atoms with Crippen molar-refractivity contribution >= 4 is 12.4 Å². The molecule has 0 amide bonds. The van der Waals surface area contributed by atoms with E-state index in [1.54, 1.807) is 12.1 Å². The third-order valence-electron chi connectivity index (χ3n) is 4.14. The molecule has 0 radical (unpaired) electrons. The summed E-state index contributed by atoms with van der Waals surface area (Å²) < 4.78 is 0. The maximum atomic E-state index is 9.60. The third kappa shape index (κ3) is 6.81. The van der Waals surface area contributed by atoms with E-state index in [0.29, 0.717) is 0 Å². The zero-order valence-electron chi connectivity index (χ0n) is 14.3. The van der Waals surface area contributed by atoms with Crippen molar-refractivity contribution in [2.75, 3.05) is 19.6 Å². The normalized spacial score (nSPS) is 10.6. The maximum absolute atomic E-state index is 9.60. The summed E-state index contributed by atoms with van der Waals surface area (Å²) in [5, 5.41) is 19.0. The van der Waals surface area contributed by atoms with Crippen molar-refractivity contribution in [1.29, 1.82) is 0 Å². The highest BCUT2D eigenvalue weighted by Crippen LogP contribution is 2.25. The van der Waals surface area contributed by atoms with Crippen molar-refractivity contribution in [2.45, 2.75) is 32.6 Å². The second kappa shape index (κ2) is 11.0. The number of aromatic hydroxyl groups is 2. The Morgan fingerprint density at radius 2 is 1.46 bits per heavy atom. The van der Waals surface area contributed by atoms with Gasteiger partial charge < -0.3 is 15.1 Å². The van der Waals surface area contributed by atoms with Crippen LogP contribution < -0.4 is 0 Å². The first kappa shape index (κ1) is 20.3. The van der Waals surface area contributed by atoms with Crippen LogP contribution in [0, 0.1) is 0 Å². The Morgan fingerprint density at radius 3 is 2.08 bits per heavy atom. The zero-order chi connectivity index (χ0) is 16.5. The number of phenolic OH excluding ortho intramolecular Hbond substituents is 2. The average molecular weight is 350 g/mol. The Bertz CT molecular complexity index is 589. The van der Waals surface area contributed by atoms with Crippen molar-refractivity contribution in [3.8, 4) is 11.5 Å². The van der Waals surface area contributed by atoms with Crippen LogP contribution in [0.4, 0.5) is 0 Å². The summed E-state index contributed by atoms with van der Waals surface area (Å²) in [6.07, 6.45) is 4.34. The summed E-state index contributed by atoms with van der Waals surface area (Å²) in [5.41, 5.74) is 2.43. The molecule has 0 aliphatic rings. The first-order valence-electron chi connectivity index (χ1n) is 8.46. The lowest BCUT2D eigenvalue weighted by Crippen LogP contribution is -2.29. The lowest BCUT2D eigenvalue weighted by molar-refractivity contribution is 0.276. The van der Waals surface area contributed by atoms with Gasteiger partial charge in [-0.05, 0) is 49.1 Å². The van der Waals surface area contributed by atoms with E-state index in [1.165, 1.54) is 18.4 Å². The van der Waals surface area contributed by atoms with Crippen molar-refractivity contribution in [3.05, 3.63) is 59.7 Å². The van der Waals surface area contributed by atoms with Gasteiger partial charge in [0.1, 0.15) is 0 Å². The minimum Gasteiger partial charge on any atom is -0.504 e. The summed E-state index contributed by atoms with van der Waals surface area (Å²) in [5.74, 6) is -0.0902. The number of benzene rings is 2. The topological polar surface area (TPSA) is 43.7 Å². The van der Waals surface area contributed by atoms with Crippen LogP contribution in [0.1, 0.15) is 30.9 Å². The minimum absolute atomic E-state index is 0. The van der Waals surface area contributed by atoms with Crippen molar-refractivity contribution in [3.63, 3.8) is 0 Å². The van der Waals surface area contributed by atoms with Gasteiger partial charge in [-0.25, -0.2) is 0 Å². The smallest absolute Gasteiger partial charge is 0.157 e. The number of phenols is 2. The van der Waals surface area contributed by atoms with Gasteiger partial charge in [-0.1, -0.05) is 49.7 Å². The molecule has 0 unspecified atom stereocenters. The largest absolute Gasteiger partial charge is 0.504 e. The van der Waals surface area contributed by atoms with Crippen LogP contribution >= 0.6 is 12.4 Å². The van der Waals surface area contributed by atoms with Gasteiger partial charge in [0.2, 0.25) is 0 Å². The standard InChI is InChI=1S/C20H27NO2.ClH/c1-2-3-13-21(14-11-17-7-5-4-6-8-17)15-12-18-9-10-19(22)20(23)16-18;/h4-10,16,22-23H,2-3,11-15H2,1H3;1H. The van der Waals surface area contributed by atoms with Crippen LogP contribution in [0.3, 0.4) is 0 Å². The predicted molar refractivity (Wildman–Crippen MR) is 102 cm³/mol. The number of halogens is 1. The molecule has 3 nitrogen and oxygen atoms in total. The maximum Gasteiger partial charge on any atom is 0.157 e. The van der Waals surface area contributed by atoms with E-state index < -0.39 is 0 Å². The Hall–Kier alpha value is -1.71. The van der Waals surface area contributed by atoms with Gasteiger partial charge in [-0.2, -0.15) is 0 Å². The van der Waals surface area contributed by atoms with Crippen LogP contribution in [0.15, 0.2) is 48.5 Å². The first-order valence-corrected chi connectivity index (χ1v) is 8.46. The van der Waals surface area contributed by atoms with E-state index in [9.17, 15) is 10.2 Å². The summed E-state index contributed by atoms with van der Waals surface area (Å²) in [6, 6.07) is 15.7. The zero-order valence-corrected chi connectivity index (χ0v) is 15.1. The Kier molecular flexibility index (Phi) is 9.28. The van der Waals surface area contributed by atoms with Crippen LogP contribution in [0.5, 0.6) is 11.5 Å². The molecule has 0 atom stereocenters. The number of hydrogen-bond acceptors (Lipinski definition) is 3. The van der Waals surface area contributed by atoms with Crippen molar-refractivity contribution in [1.82, 2.24) is 4.90 Å². The summed E-state index contributed by atoms with van der Waals surface area (Å²) >= 11 is 0. The molecule has 2 aromatic carbocycles. The molecule has 132 valence electrons. The van der Waals surface area contributed by atoms with Gasteiger partial charge in [0, 0.05) is 13.1 Å². The fraction of sp³-hybridized carbons (Fsp3) is 0.400. The molecule has 0 bridgehead atoms. The molecule has 0 saturated heterocycles. The molecule has 0 fully saturated rings. The molecular weight excluding hydrogens is 322 g/mol. The summed E-state index contributed by atoms with van der Waals surface area (Å²) in [7, 11) is 0. The molecule has 0 aliphatic carbocycles. The van der Waals surface area contributed by atoms with E-state index in [2.05, 4.69) is 42.2 Å². The number of nitrogens with zero attached hydrogens (tertiary/aromatic N) is 1. The molecule has 0 saturated carbocycles. The fourth-order valence-corrected chi connectivity index (χ4v) is 2.66. The highest BCUT2D eigenvalue weighted by Gasteiger charge is 2.07. The van der Waals surface area contributed by atoms with E-state index in [1.807, 2.05) is 6.07 Å². The second-order valence-electron chi connectivity index (χ2n) is 6.00. The minimum atomic E-state index is -0.0549. The number of unbranched alkanes of at least 4 members (excludes halogenated alkanes) is 1. The average Bonchev–Trinajstić information content (AvgIpc) is 2.58. The summed E-state index contributed by atoms with van der Waals surface area (Å²) in [4.78, 5) is 2.49. The van der Waals surface area contributed by atoms with Crippen molar-refractivity contribution in [2.24, 2.45) is 0 Å². The van der Waals surface area contributed by atoms with Crippen LogP contribution in [-0.2, 0) is 12.8 Å². The highest BCUT2D eigenvalue weighted by molar-refractivity contribution is 5.85. The van der Waals surface area contributed by atoms with Crippen LogP contribution in [0.25, 0.3) is 0 Å². The molecule has 24 heavy (non-hydrogen) atoms. The molecule has 2 N–H and O–H groups in total. The molecule has 0 aliphatic heterocycles. The van der Waals surface area contributed by atoms with E-state index >= 15 is 0 Å². The third-order valence-corrected chi connectivity index (χ3v) is 4.14. The van der Waals surface area contributed by atoms with E-state index in [-0.39, 0.29) is 23.9 Å². The predicted octanol–water partition coefficient (Wildman–Crippen LogP) is 4.41. The SMILES string of the molecule is CCCCN(CCc1ccccc1)CCc1ccc(O)c(O)c1.Cl. The van der Waals surface area contributed by atoms with Gasteiger partial charge in [0.15, 0.2) is 11.5 Å². The monoisotopic (exact) mass is 349 g/mol. The Morgan fingerprint density at radius 1 is 0.792 bits per heavy atom. The van der Waals surface area contributed by atoms with Crippen molar-refractivity contribution < 1.29 is 10.2 Å². The van der Waals surface area contributed by atoms with Crippen LogP contribution in [-0.4, -0.2) is 34.7 Å². The van der Waals surface area contributed by atoms with Crippen LogP contribution in [0.2, 0.25) is 0 Å². The van der Waals surface area contributed by atoms with E-state index in [4.69, 9.17) is 0 Å². The first-order chi connectivity index (χ1) is 11.2. The van der Waals surface area contributed by atoms with Gasteiger partial charge >= 0.3 is 0 Å². The van der Waals surface area contributed by atoms with Gasteiger partial charge in [0.05, 0.1) is 0 Å². The Labute approximate surface area is 151 Å². The molecule has 0 heterocycles. The van der Waals surface area contributed by atoms with Gasteiger partial charge in [0.25, 0.3) is 0 Å². The van der Waals surface area contributed by atoms with Gasteiger partial charge in [-0.3, -0.25) is 0 Å². The Balaban J connectivity index is 0.00000288.